The number of halogens is 3. The van der Waals surface area contributed by atoms with Gasteiger partial charge in [0.25, 0.3) is 0 Å². The van der Waals surface area contributed by atoms with Gasteiger partial charge in [-0.2, -0.15) is 8.78 Å². The Bertz CT molecular complexity index is 322. The van der Waals surface area contributed by atoms with Crippen molar-refractivity contribution in [3.63, 3.8) is 0 Å². The number of hydrogen-bond donors (Lipinski definition) is 2. The molecule has 0 bridgehead atoms. The van der Waals surface area contributed by atoms with Gasteiger partial charge in [-0.1, -0.05) is 18.6 Å². The molecular formula is C12H19ClF2N2O. The van der Waals surface area contributed by atoms with Gasteiger partial charge in [0.15, 0.2) is 0 Å². The van der Waals surface area contributed by atoms with Gasteiger partial charge in [-0.15, -0.1) is 12.4 Å². The molecule has 1 rings (SSSR count). The molecule has 0 aliphatic heterocycles. The van der Waals surface area contributed by atoms with Crippen LogP contribution in [0.15, 0.2) is 24.3 Å². The summed E-state index contributed by atoms with van der Waals surface area (Å²) < 4.78 is 28.1. The van der Waals surface area contributed by atoms with Gasteiger partial charge in [0.1, 0.15) is 5.75 Å². The number of nitrogens with two attached hydrogens (primary N) is 2. The molecule has 0 unspecified atom stereocenters. The summed E-state index contributed by atoms with van der Waals surface area (Å²) >= 11 is 0. The van der Waals surface area contributed by atoms with Crippen molar-refractivity contribution in [1.29, 1.82) is 0 Å². The summed E-state index contributed by atoms with van der Waals surface area (Å²) in [5, 5.41) is 0. The molecule has 0 aliphatic carbocycles. The quantitative estimate of drug-likeness (QED) is 0.755. The Morgan fingerprint density at radius 3 is 2.22 bits per heavy atom. The van der Waals surface area contributed by atoms with E-state index in [2.05, 4.69) is 4.74 Å². The molecule has 0 radical (unpaired) electrons. The minimum atomic E-state index is -2.79. The van der Waals surface area contributed by atoms with E-state index >= 15 is 0 Å². The standard InChI is InChI=1S/C12H18F2N2O.ClH/c13-12(14)17-10-6-4-9(5-7-10)11(16)3-1-2-8-15;/h4-7,11-12H,1-3,8,15-16H2;1H/t11-;/m0./s1. The van der Waals surface area contributed by atoms with Crippen LogP contribution in [-0.4, -0.2) is 13.2 Å². The predicted octanol–water partition coefficient (Wildman–Crippen LogP) is 2.84. The van der Waals surface area contributed by atoms with Gasteiger partial charge in [-0.25, -0.2) is 0 Å². The normalized spacial score (nSPS) is 12.1. The van der Waals surface area contributed by atoms with E-state index in [4.69, 9.17) is 11.5 Å². The van der Waals surface area contributed by atoms with E-state index in [9.17, 15) is 8.78 Å². The number of hydrogen-bond acceptors (Lipinski definition) is 3. The van der Waals surface area contributed by atoms with Crippen LogP contribution in [0, 0.1) is 0 Å². The van der Waals surface area contributed by atoms with E-state index in [1.165, 1.54) is 12.1 Å². The van der Waals surface area contributed by atoms with E-state index < -0.39 is 6.61 Å². The lowest BCUT2D eigenvalue weighted by molar-refractivity contribution is -0.0498. The van der Waals surface area contributed by atoms with E-state index in [-0.39, 0.29) is 24.2 Å². The fourth-order valence-electron chi connectivity index (χ4n) is 1.57. The zero-order chi connectivity index (χ0) is 12.7. The van der Waals surface area contributed by atoms with Crippen LogP contribution in [0.1, 0.15) is 30.9 Å². The Balaban J connectivity index is 0.00000289. The third-order valence-corrected chi connectivity index (χ3v) is 2.50. The molecule has 0 amide bonds. The van der Waals surface area contributed by atoms with Crippen molar-refractivity contribution in [2.24, 2.45) is 11.5 Å². The van der Waals surface area contributed by atoms with Crippen LogP contribution in [0.5, 0.6) is 5.75 Å². The van der Waals surface area contributed by atoms with Crippen molar-refractivity contribution in [2.75, 3.05) is 6.54 Å². The monoisotopic (exact) mass is 280 g/mol. The van der Waals surface area contributed by atoms with E-state index in [0.29, 0.717) is 6.54 Å². The van der Waals surface area contributed by atoms with Crippen LogP contribution in [0.4, 0.5) is 8.78 Å². The maximum atomic E-state index is 11.9. The smallest absolute Gasteiger partial charge is 0.387 e. The van der Waals surface area contributed by atoms with Crippen LogP contribution < -0.4 is 16.2 Å². The van der Waals surface area contributed by atoms with Gasteiger partial charge in [0.05, 0.1) is 0 Å². The Labute approximate surface area is 112 Å². The summed E-state index contributed by atoms with van der Waals surface area (Å²) in [6, 6.07) is 6.35. The van der Waals surface area contributed by atoms with Gasteiger partial charge >= 0.3 is 6.61 Å². The second-order valence-corrected chi connectivity index (χ2v) is 3.84. The van der Waals surface area contributed by atoms with E-state index in [0.717, 1.165) is 24.8 Å². The second-order valence-electron chi connectivity index (χ2n) is 3.84. The lowest BCUT2D eigenvalue weighted by Crippen LogP contribution is -2.11. The Kier molecular flexibility index (Phi) is 8.62. The lowest BCUT2D eigenvalue weighted by atomic mass is 10.0. The molecule has 18 heavy (non-hydrogen) atoms. The molecule has 104 valence electrons. The lowest BCUT2D eigenvalue weighted by Gasteiger charge is -2.12. The van der Waals surface area contributed by atoms with E-state index in [1.54, 1.807) is 12.1 Å². The molecule has 1 aromatic carbocycles. The highest BCUT2D eigenvalue weighted by Gasteiger charge is 2.07. The van der Waals surface area contributed by atoms with Gasteiger partial charge < -0.3 is 16.2 Å². The molecule has 0 aliphatic rings. The molecule has 0 heterocycles. The number of ether oxygens (including phenoxy) is 1. The average molecular weight is 281 g/mol. The molecule has 0 fully saturated rings. The van der Waals surface area contributed by atoms with Crippen molar-refractivity contribution in [3.05, 3.63) is 29.8 Å². The largest absolute Gasteiger partial charge is 0.435 e. The van der Waals surface area contributed by atoms with Crippen LogP contribution in [-0.2, 0) is 0 Å². The predicted molar refractivity (Wildman–Crippen MR) is 70.2 cm³/mol. The van der Waals surface area contributed by atoms with Crippen LogP contribution >= 0.6 is 12.4 Å². The summed E-state index contributed by atoms with van der Waals surface area (Å²) in [6.07, 6.45) is 2.75. The highest BCUT2D eigenvalue weighted by molar-refractivity contribution is 5.85. The van der Waals surface area contributed by atoms with Crippen molar-refractivity contribution >= 4 is 12.4 Å². The number of rotatable bonds is 7. The first-order valence-corrected chi connectivity index (χ1v) is 5.64. The van der Waals surface area contributed by atoms with Gasteiger partial charge in [0.2, 0.25) is 0 Å². The summed E-state index contributed by atoms with van der Waals surface area (Å²) in [7, 11) is 0. The number of unbranched alkanes of at least 4 members (excludes halogenated alkanes) is 1. The number of alkyl halides is 2. The molecule has 0 aromatic heterocycles. The molecule has 4 N–H and O–H groups in total. The third-order valence-electron chi connectivity index (χ3n) is 2.50. The Hall–Kier alpha value is -0.910. The van der Waals surface area contributed by atoms with Gasteiger partial charge in [0, 0.05) is 6.04 Å². The highest BCUT2D eigenvalue weighted by atomic mass is 35.5. The average Bonchev–Trinajstić information content (AvgIpc) is 2.29. The van der Waals surface area contributed by atoms with Crippen LogP contribution in [0.3, 0.4) is 0 Å². The minimum Gasteiger partial charge on any atom is -0.435 e. The first kappa shape index (κ1) is 17.1. The van der Waals surface area contributed by atoms with Gasteiger partial charge in [-0.3, -0.25) is 0 Å². The van der Waals surface area contributed by atoms with E-state index in [1.807, 2.05) is 0 Å². The molecule has 1 atom stereocenters. The Morgan fingerprint density at radius 2 is 1.72 bits per heavy atom. The second kappa shape index (κ2) is 9.08. The maximum absolute atomic E-state index is 11.9. The molecular weight excluding hydrogens is 262 g/mol. The van der Waals surface area contributed by atoms with Crippen molar-refractivity contribution in [2.45, 2.75) is 31.9 Å². The molecule has 0 saturated carbocycles. The van der Waals surface area contributed by atoms with Crippen molar-refractivity contribution < 1.29 is 13.5 Å². The minimum absolute atomic E-state index is 0. The number of benzene rings is 1. The molecule has 6 heteroatoms. The zero-order valence-electron chi connectivity index (χ0n) is 10.0. The summed E-state index contributed by atoms with van der Waals surface area (Å²) in [6.45, 7) is -2.13. The van der Waals surface area contributed by atoms with Crippen LogP contribution in [0.2, 0.25) is 0 Å². The van der Waals surface area contributed by atoms with Gasteiger partial charge in [-0.05, 0) is 37.1 Å². The first-order chi connectivity index (χ1) is 8.13. The summed E-state index contributed by atoms with van der Waals surface area (Å²) in [4.78, 5) is 0. The molecule has 0 saturated heterocycles. The maximum Gasteiger partial charge on any atom is 0.387 e. The first-order valence-electron chi connectivity index (χ1n) is 5.64. The molecule has 3 nitrogen and oxygen atoms in total. The highest BCUT2D eigenvalue weighted by Crippen LogP contribution is 2.21. The summed E-state index contributed by atoms with van der Waals surface area (Å²) in [5.41, 5.74) is 12.3. The topological polar surface area (TPSA) is 61.3 Å². The Morgan fingerprint density at radius 1 is 1.11 bits per heavy atom. The fraction of sp³-hybridized carbons (Fsp3) is 0.500. The summed E-state index contributed by atoms with van der Waals surface area (Å²) in [5.74, 6) is 0.151. The SMILES string of the molecule is Cl.NCCCC[C@H](N)c1ccc(OC(F)F)cc1. The molecule has 1 aromatic rings. The zero-order valence-corrected chi connectivity index (χ0v) is 10.8. The fourth-order valence-corrected chi connectivity index (χ4v) is 1.57. The molecule has 0 spiro atoms. The van der Waals surface area contributed by atoms with Crippen molar-refractivity contribution in [1.82, 2.24) is 0 Å². The van der Waals surface area contributed by atoms with Crippen molar-refractivity contribution in [3.8, 4) is 5.75 Å². The third kappa shape index (κ3) is 6.14. The van der Waals surface area contributed by atoms with Crippen LogP contribution in [0.25, 0.3) is 0 Å².